The molecule has 0 aliphatic carbocycles. The Labute approximate surface area is 124 Å². The summed E-state index contributed by atoms with van der Waals surface area (Å²) in [6, 6.07) is 7.98. The van der Waals surface area contributed by atoms with Crippen LogP contribution in [-0.2, 0) is 0 Å². The number of anilines is 1. The first-order chi connectivity index (χ1) is 9.51. The maximum atomic E-state index is 12.1. The molecule has 2 aromatic rings. The molecule has 0 radical (unpaired) electrons. The van der Waals surface area contributed by atoms with Gasteiger partial charge in [0.25, 0.3) is 5.91 Å². The molecule has 104 valence electrons. The Bertz CT molecular complexity index is 659. The molecule has 2 rings (SSSR count). The van der Waals surface area contributed by atoms with Crippen LogP contribution in [-0.4, -0.2) is 23.1 Å². The normalized spacial score (nSPS) is 10.2. The Kier molecular flexibility index (Phi) is 4.24. The number of pyridine rings is 1. The molecule has 20 heavy (non-hydrogen) atoms. The third kappa shape index (κ3) is 3.08. The number of carbonyl (C=O) groups excluding carboxylic acids is 1. The first kappa shape index (κ1) is 14.3. The molecule has 0 atom stereocenters. The number of aromatic hydroxyl groups is 1. The van der Waals surface area contributed by atoms with Crippen molar-refractivity contribution in [1.82, 2.24) is 4.98 Å². The molecule has 0 saturated heterocycles. The van der Waals surface area contributed by atoms with Gasteiger partial charge in [0.2, 0.25) is 0 Å². The number of rotatable bonds is 3. The summed E-state index contributed by atoms with van der Waals surface area (Å²) < 4.78 is 5.64. The molecule has 0 unspecified atom stereocenters. The second kappa shape index (κ2) is 5.92. The molecule has 5 nitrogen and oxygen atoms in total. The first-order valence-electron chi connectivity index (χ1n) is 5.83. The minimum Gasteiger partial charge on any atom is -0.504 e. The van der Waals surface area contributed by atoms with Gasteiger partial charge >= 0.3 is 0 Å². The van der Waals surface area contributed by atoms with Crippen molar-refractivity contribution in [3.63, 3.8) is 0 Å². The van der Waals surface area contributed by atoms with E-state index in [0.29, 0.717) is 27.3 Å². The molecular weight excluding hydrogens is 324 g/mol. The van der Waals surface area contributed by atoms with Gasteiger partial charge in [0.15, 0.2) is 11.5 Å². The zero-order valence-electron chi connectivity index (χ0n) is 11.0. The molecule has 1 amide bonds. The van der Waals surface area contributed by atoms with E-state index in [-0.39, 0.29) is 11.7 Å². The summed E-state index contributed by atoms with van der Waals surface area (Å²) >= 11 is 3.26. The van der Waals surface area contributed by atoms with Gasteiger partial charge < -0.3 is 15.2 Å². The highest BCUT2D eigenvalue weighted by Gasteiger charge is 2.11. The fourth-order valence-corrected chi connectivity index (χ4v) is 2.09. The Hall–Kier alpha value is -2.08. The van der Waals surface area contributed by atoms with Crippen LogP contribution in [0.1, 0.15) is 16.1 Å². The predicted octanol–water partition coefficient (Wildman–Crippen LogP) is 3.12. The number of phenols is 1. The van der Waals surface area contributed by atoms with E-state index in [9.17, 15) is 9.90 Å². The van der Waals surface area contributed by atoms with Gasteiger partial charge in [-0.3, -0.25) is 4.79 Å². The van der Waals surface area contributed by atoms with Crippen LogP contribution in [0.15, 0.2) is 34.9 Å². The lowest BCUT2D eigenvalue weighted by molar-refractivity contribution is 0.102. The van der Waals surface area contributed by atoms with Gasteiger partial charge in [-0.25, -0.2) is 4.98 Å². The van der Waals surface area contributed by atoms with Crippen LogP contribution in [0.5, 0.6) is 11.5 Å². The van der Waals surface area contributed by atoms with E-state index < -0.39 is 0 Å². The average molecular weight is 337 g/mol. The number of benzene rings is 1. The number of amides is 1. The number of hydrogen-bond donors (Lipinski definition) is 2. The Morgan fingerprint density at radius 3 is 2.70 bits per heavy atom. The number of aryl methyl sites for hydroxylation is 1. The summed E-state index contributed by atoms with van der Waals surface area (Å²) in [6.07, 6.45) is 0. The van der Waals surface area contributed by atoms with E-state index in [4.69, 9.17) is 4.74 Å². The summed E-state index contributed by atoms with van der Waals surface area (Å²) in [4.78, 5) is 16.3. The van der Waals surface area contributed by atoms with E-state index in [1.165, 1.54) is 19.2 Å². The third-order valence-corrected chi connectivity index (χ3v) is 3.18. The second-order valence-corrected chi connectivity index (χ2v) is 4.92. The molecule has 1 aromatic heterocycles. The molecule has 1 heterocycles. The maximum absolute atomic E-state index is 12.1. The largest absolute Gasteiger partial charge is 0.504 e. The van der Waals surface area contributed by atoms with Crippen molar-refractivity contribution in [3.8, 4) is 11.5 Å². The van der Waals surface area contributed by atoms with Gasteiger partial charge in [-0.05, 0) is 53.2 Å². The van der Waals surface area contributed by atoms with Crippen LogP contribution in [0.25, 0.3) is 0 Å². The SMILES string of the molecule is COc1ccc(C(=O)Nc2ccc(Br)nc2C)cc1O. The van der Waals surface area contributed by atoms with Gasteiger partial charge in [-0.2, -0.15) is 0 Å². The second-order valence-electron chi connectivity index (χ2n) is 4.11. The van der Waals surface area contributed by atoms with Crippen molar-refractivity contribution >= 4 is 27.5 Å². The summed E-state index contributed by atoms with van der Waals surface area (Å²) in [6.45, 7) is 1.80. The highest BCUT2D eigenvalue weighted by Crippen LogP contribution is 2.26. The van der Waals surface area contributed by atoms with Gasteiger partial charge in [-0.15, -0.1) is 0 Å². The smallest absolute Gasteiger partial charge is 0.255 e. The molecule has 0 spiro atoms. The Morgan fingerprint density at radius 1 is 1.35 bits per heavy atom. The monoisotopic (exact) mass is 336 g/mol. The van der Waals surface area contributed by atoms with E-state index in [2.05, 4.69) is 26.2 Å². The molecule has 0 fully saturated rings. The minimum atomic E-state index is -0.324. The summed E-state index contributed by atoms with van der Waals surface area (Å²) in [5.41, 5.74) is 1.66. The van der Waals surface area contributed by atoms with Crippen molar-refractivity contribution in [3.05, 3.63) is 46.2 Å². The fourth-order valence-electron chi connectivity index (χ4n) is 1.69. The average Bonchev–Trinajstić information content (AvgIpc) is 2.41. The summed E-state index contributed by atoms with van der Waals surface area (Å²) in [5.74, 6) is -0.0796. The van der Waals surface area contributed by atoms with E-state index in [1.54, 1.807) is 25.1 Å². The number of hydrogen-bond acceptors (Lipinski definition) is 4. The van der Waals surface area contributed by atoms with Crippen molar-refractivity contribution in [2.75, 3.05) is 12.4 Å². The molecule has 0 bridgehead atoms. The predicted molar refractivity (Wildman–Crippen MR) is 79.3 cm³/mol. The quantitative estimate of drug-likeness (QED) is 0.844. The van der Waals surface area contributed by atoms with Crippen LogP contribution in [0.3, 0.4) is 0 Å². The first-order valence-corrected chi connectivity index (χ1v) is 6.62. The summed E-state index contributed by atoms with van der Waals surface area (Å²) in [7, 11) is 1.45. The van der Waals surface area contributed by atoms with Crippen LogP contribution >= 0.6 is 15.9 Å². The topological polar surface area (TPSA) is 71.5 Å². The summed E-state index contributed by atoms with van der Waals surface area (Å²) in [5, 5.41) is 12.4. The highest BCUT2D eigenvalue weighted by molar-refractivity contribution is 9.10. The van der Waals surface area contributed by atoms with Crippen molar-refractivity contribution < 1.29 is 14.6 Å². The highest BCUT2D eigenvalue weighted by atomic mass is 79.9. The van der Waals surface area contributed by atoms with E-state index in [1.807, 2.05) is 0 Å². The van der Waals surface area contributed by atoms with Gasteiger partial charge in [0.1, 0.15) is 4.60 Å². The van der Waals surface area contributed by atoms with Crippen molar-refractivity contribution in [2.24, 2.45) is 0 Å². The number of carbonyl (C=O) groups is 1. The van der Waals surface area contributed by atoms with E-state index >= 15 is 0 Å². The molecule has 2 N–H and O–H groups in total. The van der Waals surface area contributed by atoms with E-state index in [0.717, 1.165) is 0 Å². The fraction of sp³-hybridized carbons (Fsp3) is 0.143. The number of nitrogens with zero attached hydrogens (tertiary/aromatic N) is 1. The molecule has 1 aromatic carbocycles. The van der Waals surface area contributed by atoms with Crippen LogP contribution < -0.4 is 10.1 Å². The lowest BCUT2D eigenvalue weighted by Gasteiger charge is -2.09. The zero-order chi connectivity index (χ0) is 14.7. The number of nitrogens with one attached hydrogen (secondary N) is 1. The minimum absolute atomic E-state index is 0.0780. The molecule has 6 heteroatoms. The molecule has 0 aliphatic rings. The van der Waals surface area contributed by atoms with Crippen LogP contribution in [0, 0.1) is 6.92 Å². The maximum Gasteiger partial charge on any atom is 0.255 e. The van der Waals surface area contributed by atoms with Gasteiger partial charge in [-0.1, -0.05) is 0 Å². The Morgan fingerprint density at radius 2 is 2.10 bits per heavy atom. The Balaban J connectivity index is 2.21. The number of ether oxygens (including phenoxy) is 1. The van der Waals surface area contributed by atoms with Gasteiger partial charge in [0, 0.05) is 5.56 Å². The van der Waals surface area contributed by atoms with Gasteiger partial charge in [0.05, 0.1) is 18.5 Å². The van der Waals surface area contributed by atoms with Crippen LogP contribution in [0.4, 0.5) is 5.69 Å². The third-order valence-electron chi connectivity index (χ3n) is 2.74. The number of halogens is 1. The van der Waals surface area contributed by atoms with Crippen LogP contribution in [0.2, 0.25) is 0 Å². The molecular formula is C14H13BrN2O3. The number of phenolic OH excluding ortho intramolecular Hbond substituents is 1. The molecule has 0 aliphatic heterocycles. The van der Waals surface area contributed by atoms with Crippen molar-refractivity contribution in [2.45, 2.75) is 6.92 Å². The zero-order valence-corrected chi connectivity index (χ0v) is 12.6. The number of methoxy groups -OCH3 is 1. The standard InChI is InChI=1S/C14H13BrN2O3/c1-8-10(4-6-13(15)16-8)17-14(19)9-3-5-12(20-2)11(18)7-9/h3-7,18H,1-2H3,(H,17,19). The lowest BCUT2D eigenvalue weighted by atomic mass is 10.2. The lowest BCUT2D eigenvalue weighted by Crippen LogP contribution is -2.13. The number of aromatic nitrogens is 1. The van der Waals surface area contributed by atoms with Crippen molar-refractivity contribution in [1.29, 1.82) is 0 Å². The molecule has 0 saturated carbocycles.